The minimum absolute atomic E-state index is 0.126. The van der Waals surface area contributed by atoms with E-state index in [9.17, 15) is 0 Å². The van der Waals surface area contributed by atoms with E-state index in [1.165, 1.54) is 28.5 Å². The van der Waals surface area contributed by atoms with Gasteiger partial charge in [-0.1, -0.05) is 214 Å². The van der Waals surface area contributed by atoms with Crippen molar-refractivity contribution < 1.29 is 13.2 Å². The molecule has 2 aliphatic rings. The molecule has 0 atom stereocenters. The number of para-hydroxylation sites is 2. The van der Waals surface area contributed by atoms with Gasteiger partial charge in [-0.15, -0.1) is 0 Å². The zero-order chi connectivity index (χ0) is 60.5. The summed E-state index contributed by atoms with van der Waals surface area (Å²) in [6.45, 7) is 2.01. The van der Waals surface area contributed by atoms with Gasteiger partial charge in [0.05, 0.1) is 22.3 Å². The van der Waals surface area contributed by atoms with Crippen LogP contribution in [0.5, 0.6) is 0 Å². The van der Waals surface area contributed by atoms with Gasteiger partial charge in [0.15, 0.2) is 17.5 Å². The first-order chi connectivity index (χ1) is 44.2. The number of halogens is 3. The molecule has 6 nitrogen and oxygen atoms in total. The van der Waals surface area contributed by atoms with Gasteiger partial charge in [-0.25, -0.2) is 15.0 Å². The molecule has 0 radical (unpaired) electrons. The predicted molar refractivity (Wildman–Crippen MR) is 364 cm³/mol. The maximum absolute atomic E-state index is 15.2. The van der Waals surface area contributed by atoms with Gasteiger partial charge in [-0.3, -0.25) is 0 Å². The number of fused-ring (bicyclic) bond motifs is 7. The minimum Gasteiger partial charge on any atom is -0.311 e. The number of unbranched alkanes of at least 4 members (excludes halogenated alkanes) is 1. The van der Waals surface area contributed by atoms with Gasteiger partial charge < -0.3 is 14.4 Å². The lowest BCUT2D eigenvalue weighted by molar-refractivity contribution is -0.137. The first-order valence-electron chi connectivity index (χ1n) is 30.7. The molecule has 0 saturated heterocycles. The van der Waals surface area contributed by atoms with Gasteiger partial charge in [0.1, 0.15) is 0 Å². The quantitative estimate of drug-likeness (QED) is 0.114. The van der Waals surface area contributed by atoms with Crippen molar-refractivity contribution in [1.29, 1.82) is 0 Å². The summed E-state index contributed by atoms with van der Waals surface area (Å²) in [5, 5.41) is 1.91. The third-order valence-electron chi connectivity index (χ3n) is 17.8. The van der Waals surface area contributed by atoms with Crippen molar-refractivity contribution in [1.82, 2.24) is 19.5 Å². The number of rotatable bonds is 12. The second kappa shape index (κ2) is 22.2. The summed E-state index contributed by atoms with van der Waals surface area (Å²) in [7, 11) is 0. The summed E-state index contributed by atoms with van der Waals surface area (Å²) in [6, 6.07) is 97.5. The molecule has 0 bridgehead atoms. The van der Waals surface area contributed by atoms with Gasteiger partial charge >= 0.3 is 6.18 Å². The summed E-state index contributed by atoms with van der Waals surface area (Å²) >= 11 is 0. The Balaban J connectivity index is 0.951. The number of benzene rings is 12. The molecular formula is C80H56BF3N6. The van der Waals surface area contributed by atoms with Crippen molar-refractivity contribution in [3.05, 3.63) is 296 Å². The first-order valence-corrected chi connectivity index (χ1v) is 30.7. The fourth-order valence-electron chi connectivity index (χ4n) is 13.6. The van der Waals surface area contributed by atoms with Crippen LogP contribution in [0, 0.1) is 0 Å². The number of alkyl halides is 3. The van der Waals surface area contributed by atoms with Crippen LogP contribution >= 0.6 is 0 Å². The van der Waals surface area contributed by atoms with Gasteiger partial charge in [-0.05, 0) is 153 Å². The van der Waals surface area contributed by atoms with E-state index < -0.39 is 11.7 Å². The molecule has 14 aromatic rings. The molecule has 0 unspecified atom stereocenters. The van der Waals surface area contributed by atoms with Crippen LogP contribution in [-0.4, -0.2) is 26.2 Å². The maximum Gasteiger partial charge on any atom is 0.416 e. The average Bonchev–Trinajstić information content (AvgIpc) is 0.764. The molecular weight excluding hydrogens is 1110 g/mol. The van der Waals surface area contributed by atoms with Gasteiger partial charge in [0.25, 0.3) is 6.71 Å². The number of hydrogen-bond acceptors (Lipinski definition) is 5. The molecule has 430 valence electrons. The fourth-order valence-corrected chi connectivity index (χ4v) is 13.6. The fraction of sp³-hybridized carbons (Fsp3) is 0.0625. The summed E-state index contributed by atoms with van der Waals surface area (Å²) in [5.74, 6) is 0.828. The Hall–Kier alpha value is -11.1. The molecule has 16 rings (SSSR count). The van der Waals surface area contributed by atoms with E-state index in [4.69, 9.17) is 15.0 Å². The van der Waals surface area contributed by atoms with Crippen LogP contribution in [0.3, 0.4) is 0 Å². The lowest BCUT2D eigenvalue weighted by Gasteiger charge is -2.44. The summed E-state index contributed by atoms with van der Waals surface area (Å²) < 4.78 is 47.7. The van der Waals surface area contributed by atoms with Crippen molar-refractivity contribution in [3.8, 4) is 73.2 Å². The molecule has 2 aromatic heterocycles. The number of nitrogens with zero attached hydrogens (tertiary/aromatic N) is 6. The smallest absolute Gasteiger partial charge is 0.311 e. The molecule has 10 heteroatoms. The van der Waals surface area contributed by atoms with Crippen LogP contribution in [0.25, 0.3) is 95.0 Å². The van der Waals surface area contributed by atoms with Gasteiger partial charge in [-0.2, -0.15) is 13.2 Å². The Morgan fingerprint density at radius 2 is 0.833 bits per heavy atom. The van der Waals surface area contributed by atoms with E-state index in [-0.39, 0.29) is 18.1 Å². The van der Waals surface area contributed by atoms with E-state index in [1.807, 2.05) is 60.7 Å². The number of aromatic nitrogens is 4. The van der Waals surface area contributed by atoms with Gasteiger partial charge in [0.2, 0.25) is 0 Å². The highest BCUT2D eigenvalue weighted by Crippen LogP contribution is 2.48. The zero-order valence-corrected chi connectivity index (χ0v) is 49.2. The molecule has 90 heavy (non-hydrogen) atoms. The van der Waals surface area contributed by atoms with E-state index >= 15 is 13.2 Å². The van der Waals surface area contributed by atoms with Crippen LogP contribution < -0.4 is 26.2 Å². The van der Waals surface area contributed by atoms with Crippen molar-refractivity contribution in [2.45, 2.75) is 32.4 Å². The second-order valence-corrected chi connectivity index (χ2v) is 23.3. The summed E-state index contributed by atoms with van der Waals surface area (Å²) in [6.07, 6.45) is -1.83. The second-order valence-electron chi connectivity index (χ2n) is 23.3. The lowest BCUT2D eigenvalue weighted by atomic mass is 9.33. The van der Waals surface area contributed by atoms with Crippen LogP contribution in [0.15, 0.2) is 285 Å². The molecule has 2 aliphatic heterocycles. The Labute approximate surface area is 520 Å². The lowest BCUT2D eigenvalue weighted by Crippen LogP contribution is -2.61. The number of hydrogen-bond donors (Lipinski definition) is 0. The predicted octanol–water partition coefficient (Wildman–Crippen LogP) is 19.4. The number of anilines is 6. The number of aryl methyl sites for hydroxylation is 1. The maximum atomic E-state index is 15.2. The van der Waals surface area contributed by atoms with Crippen molar-refractivity contribution in [3.63, 3.8) is 0 Å². The normalized spacial score (nSPS) is 12.5. The third-order valence-corrected chi connectivity index (χ3v) is 17.8. The summed E-state index contributed by atoms with van der Waals surface area (Å²) in [4.78, 5) is 19.9. The molecule has 0 saturated carbocycles. The van der Waals surface area contributed by atoms with Crippen LogP contribution in [0.4, 0.5) is 47.3 Å². The molecule has 12 aromatic carbocycles. The van der Waals surface area contributed by atoms with E-state index in [2.05, 4.69) is 228 Å². The Morgan fingerprint density at radius 1 is 0.367 bits per heavy atom. The monoisotopic (exact) mass is 1170 g/mol. The molecule has 0 fully saturated rings. The van der Waals surface area contributed by atoms with Crippen LogP contribution in [0.2, 0.25) is 0 Å². The van der Waals surface area contributed by atoms with E-state index in [0.717, 1.165) is 114 Å². The minimum atomic E-state index is -4.66. The Bertz CT molecular complexity index is 4830. The van der Waals surface area contributed by atoms with E-state index in [0.29, 0.717) is 28.5 Å². The Kier molecular flexibility index (Phi) is 13.4. The van der Waals surface area contributed by atoms with Crippen molar-refractivity contribution in [2.75, 3.05) is 9.80 Å². The van der Waals surface area contributed by atoms with Gasteiger partial charge in [0, 0.05) is 61.6 Å². The van der Waals surface area contributed by atoms with Crippen LogP contribution in [0.1, 0.15) is 30.9 Å². The standard InChI is InChI=1S/C80H56BF3N6/c1-2-3-22-52-35-40-64-65-46-57(36-41-69(65)90(73(64)45-52)70-44-39-61(80(82,83)84)51-66(70)79-86-77(55-27-14-6-15-28-55)85-78(87-79)56-29-16-7-17-30-56)60-49-74-76-75(50-60)89(63-33-20-9-21-34-63)72-43-38-59(54-25-12-5-13-26-54)48-68(72)81(76)67-47-58(53-23-10-4-11-24-53)37-42-71(67)88(74)62-31-18-8-19-32-62/h4-21,23-51H,2-3,22H2,1H3. The van der Waals surface area contributed by atoms with E-state index in [1.54, 1.807) is 6.07 Å². The zero-order valence-electron chi connectivity index (χ0n) is 49.2. The highest BCUT2D eigenvalue weighted by Gasteiger charge is 2.44. The molecule has 0 aliphatic carbocycles. The largest absolute Gasteiger partial charge is 0.416 e. The SMILES string of the molecule is CCCCc1ccc2c3cc(-c4cc5c6c(c4)N(c4ccccc4)c4ccc(-c7ccccc7)cc4B6c4cc(-c6ccccc6)ccc4N5c4ccccc4)ccc3n(-c3ccc(C(F)(F)F)cc3-c3nc(-c4ccccc4)nc(-c4ccccc4)n3)c2c1. The average molecular weight is 1170 g/mol. The molecule has 4 heterocycles. The topological polar surface area (TPSA) is 50.1 Å². The summed E-state index contributed by atoms with van der Waals surface area (Å²) in [5.41, 5.74) is 20.8. The molecule has 0 N–H and O–H groups in total. The molecule has 0 spiro atoms. The first kappa shape index (κ1) is 54.3. The Morgan fingerprint density at radius 3 is 1.34 bits per heavy atom. The van der Waals surface area contributed by atoms with Crippen molar-refractivity contribution >= 4 is 79.0 Å². The third kappa shape index (κ3) is 9.51. The molecule has 0 amide bonds. The van der Waals surface area contributed by atoms with Crippen molar-refractivity contribution in [2.24, 2.45) is 0 Å². The highest BCUT2D eigenvalue weighted by atomic mass is 19.4. The highest BCUT2D eigenvalue weighted by molar-refractivity contribution is 7.00. The van der Waals surface area contributed by atoms with Crippen LogP contribution in [-0.2, 0) is 12.6 Å².